The number of hydrogen-bond donors (Lipinski definition) is 0. The quantitative estimate of drug-likeness (QED) is 0.686. The molecule has 0 saturated heterocycles. The van der Waals surface area contributed by atoms with Crippen molar-refractivity contribution in [3.63, 3.8) is 0 Å². The van der Waals surface area contributed by atoms with Crippen LogP contribution in [0.15, 0.2) is 60.8 Å². The second-order valence-electron chi connectivity index (χ2n) is 3.81. The molecule has 1 nitrogen and oxygen atoms in total. The highest BCUT2D eigenvalue weighted by molar-refractivity contribution is 5.48. The SMILES string of the molecule is Cc1cccc[n+]1C/C=C\c1ccccc1. The monoisotopic (exact) mass is 210 g/mol. The third kappa shape index (κ3) is 2.80. The van der Waals surface area contributed by atoms with Gasteiger partial charge in [0, 0.05) is 19.1 Å². The summed E-state index contributed by atoms with van der Waals surface area (Å²) in [7, 11) is 0. The number of aryl methyl sites for hydroxylation is 1. The molecule has 2 rings (SSSR count). The second-order valence-corrected chi connectivity index (χ2v) is 3.81. The van der Waals surface area contributed by atoms with Gasteiger partial charge in [-0.2, -0.15) is 4.57 Å². The molecule has 1 heterocycles. The summed E-state index contributed by atoms with van der Waals surface area (Å²) in [5.74, 6) is 0. The number of rotatable bonds is 3. The van der Waals surface area contributed by atoms with Crippen LogP contribution in [0.2, 0.25) is 0 Å². The molecule has 0 bridgehead atoms. The van der Waals surface area contributed by atoms with Crippen molar-refractivity contribution in [2.24, 2.45) is 0 Å². The van der Waals surface area contributed by atoms with Gasteiger partial charge in [-0.1, -0.05) is 42.5 Å². The minimum Gasteiger partial charge on any atom is -0.199 e. The molecule has 1 aromatic carbocycles. The summed E-state index contributed by atoms with van der Waals surface area (Å²) < 4.78 is 2.22. The van der Waals surface area contributed by atoms with Crippen molar-refractivity contribution in [3.05, 3.63) is 72.1 Å². The number of nitrogens with zero attached hydrogens (tertiary/aromatic N) is 1. The van der Waals surface area contributed by atoms with E-state index in [4.69, 9.17) is 0 Å². The first-order valence-electron chi connectivity index (χ1n) is 5.53. The predicted octanol–water partition coefficient (Wildman–Crippen LogP) is 3.00. The van der Waals surface area contributed by atoms with Gasteiger partial charge in [0.2, 0.25) is 0 Å². The number of hydrogen-bond acceptors (Lipinski definition) is 0. The van der Waals surface area contributed by atoms with Crippen LogP contribution in [0.3, 0.4) is 0 Å². The van der Waals surface area contributed by atoms with Gasteiger partial charge in [-0.25, -0.2) is 0 Å². The van der Waals surface area contributed by atoms with Crippen LogP contribution in [0.5, 0.6) is 0 Å². The van der Waals surface area contributed by atoms with E-state index in [0.29, 0.717) is 0 Å². The largest absolute Gasteiger partial charge is 0.199 e. The Bertz CT molecular complexity index is 472. The lowest BCUT2D eigenvalue weighted by Crippen LogP contribution is -2.35. The number of pyridine rings is 1. The highest BCUT2D eigenvalue weighted by Crippen LogP contribution is 2.00. The van der Waals surface area contributed by atoms with Crippen molar-refractivity contribution in [2.45, 2.75) is 13.5 Å². The Morgan fingerprint density at radius 1 is 1.00 bits per heavy atom. The third-order valence-corrected chi connectivity index (χ3v) is 2.58. The van der Waals surface area contributed by atoms with Crippen molar-refractivity contribution in [2.75, 3.05) is 0 Å². The van der Waals surface area contributed by atoms with Crippen molar-refractivity contribution in [3.8, 4) is 0 Å². The topological polar surface area (TPSA) is 3.88 Å². The number of aromatic nitrogens is 1. The summed E-state index contributed by atoms with van der Waals surface area (Å²) >= 11 is 0. The van der Waals surface area contributed by atoms with Crippen molar-refractivity contribution in [1.29, 1.82) is 0 Å². The molecule has 0 radical (unpaired) electrons. The van der Waals surface area contributed by atoms with Crippen LogP contribution in [-0.4, -0.2) is 0 Å². The standard InChI is InChI=1S/C15H16N/c1-14-8-5-6-12-16(14)13-7-11-15-9-3-2-4-10-15/h2-12H,13H2,1H3/q+1/b11-7-. The van der Waals surface area contributed by atoms with E-state index < -0.39 is 0 Å². The maximum absolute atomic E-state index is 2.22. The zero-order chi connectivity index (χ0) is 11.2. The third-order valence-electron chi connectivity index (χ3n) is 2.58. The molecule has 1 heteroatoms. The van der Waals surface area contributed by atoms with Crippen LogP contribution in [0.1, 0.15) is 11.3 Å². The summed E-state index contributed by atoms with van der Waals surface area (Å²) in [5.41, 5.74) is 2.52. The molecule has 0 aliphatic carbocycles. The van der Waals surface area contributed by atoms with E-state index in [2.05, 4.69) is 72.3 Å². The molecule has 0 saturated carbocycles. The fourth-order valence-electron chi connectivity index (χ4n) is 1.63. The zero-order valence-electron chi connectivity index (χ0n) is 9.51. The van der Waals surface area contributed by atoms with Crippen molar-refractivity contribution < 1.29 is 4.57 Å². The Labute approximate surface area is 96.7 Å². The van der Waals surface area contributed by atoms with E-state index in [1.807, 2.05) is 6.07 Å². The molecule has 0 aliphatic heterocycles. The lowest BCUT2D eigenvalue weighted by atomic mass is 10.2. The molecule has 0 spiro atoms. The molecule has 1 aromatic heterocycles. The Morgan fingerprint density at radius 2 is 1.75 bits per heavy atom. The van der Waals surface area contributed by atoms with E-state index >= 15 is 0 Å². The Hall–Kier alpha value is -1.89. The lowest BCUT2D eigenvalue weighted by Gasteiger charge is -1.95. The van der Waals surface area contributed by atoms with Gasteiger partial charge >= 0.3 is 0 Å². The molecule has 0 amide bonds. The maximum atomic E-state index is 2.22. The Morgan fingerprint density at radius 3 is 2.50 bits per heavy atom. The van der Waals surface area contributed by atoms with Gasteiger partial charge in [0.1, 0.15) is 0 Å². The average molecular weight is 210 g/mol. The molecule has 0 unspecified atom stereocenters. The first kappa shape index (κ1) is 10.6. The summed E-state index contributed by atoms with van der Waals surface area (Å²) in [4.78, 5) is 0. The first-order chi connectivity index (χ1) is 7.86. The Balaban J connectivity index is 2.03. The highest BCUT2D eigenvalue weighted by atomic mass is 14.9. The fraction of sp³-hybridized carbons (Fsp3) is 0.133. The predicted molar refractivity (Wildman–Crippen MR) is 66.9 cm³/mol. The molecular formula is C15H16N+. The molecule has 0 aliphatic rings. The molecule has 0 fully saturated rings. The maximum Gasteiger partial charge on any atom is 0.178 e. The van der Waals surface area contributed by atoms with Crippen molar-refractivity contribution in [1.82, 2.24) is 0 Å². The van der Waals surface area contributed by atoms with Crippen LogP contribution in [0, 0.1) is 6.92 Å². The lowest BCUT2D eigenvalue weighted by molar-refractivity contribution is -0.692. The number of benzene rings is 1. The van der Waals surface area contributed by atoms with Crippen LogP contribution < -0.4 is 4.57 Å². The first-order valence-corrected chi connectivity index (χ1v) is 5.53. The van der Waals surface area contributed by atoms with Crippen LogP contribution in [0.25, 0.3) is 6.08 Å². The van der Waals surface area contributed by atoms with E-state index in [1.165, 1.54) is 11.3 Å². The summed E-state index contributed by atoms with van der Waals surface area (Å²) in [6.45, 7) is 3.04. The number of allylic oxidation sites excluding steroid dienone is 1. The van der Waals surface area contributed by atoms with Crippen LogP contribution >= 0.6 is 0 Å². The molecule has 80 valence electrons. The van der Waals surface area contributed by atoms with Crippen LogP contribution in [0.4, 0.5) is 0 Å². The molecular weight excluding hydrogens is 194 g/mol. The molecule has 2 aromatic rings. The minimum absolute atomic E-state index is 0.918. The average Bonchev–Trinajstić information content (AvgIpc) is 2.33. The second kappa shape index (κ2) is 5.26. The van der Waals surface area contributed by atoms with Crippen LogP contribution in [-0.2, 0) is 6.54 Å². The summed E-state index contributed by atoms with van der Waals surface area (Å²) in [6, 6.07) is 16.6. The van der Waals surface area contributed by atoms with Gasteiger partial charge < -0.3 is 0 Å². The zero-order valence-corrected chi connectivity index (χ0v) is 9.51. The van der Waals surface area contributed by atoms with Gasteiger partial charge in [-0.05, 0) is 11.6 Å². The molecule has 0 atom stereocenters. The normalized spacial score (nSPS) is 10.8. The molecule has 0 N–H and O–H groups in total. The summed E-state index contributed by atoms with van der Waals surface area (Å²) in [5, 5.41) is 0. The van der Waals surface area contributed by atoms with Gasteiger partial charge in [-0.3, -0.25) is 0 Å². The molecule has 16 heavy (non-hydrogen) atoms. The van der Waals surface area contributed by atoms with E-state index in [9.17, 15) is 0 Å². The fourth-order valence-corrected chi connectivity index (χ4v) is 1.63. The van der Waals surface area contributed by atoms with Crippen molar-refractivity contribution >= 4 is 6.08 Å². The van der Waals surface area contributed by atoms with Gasteiger partial charge in [0.05, 0.1) is 0 Å². The van der Waals surface area contributed by atoms with Gasteiger partial charge in [-0.15, -0.1) is 0 Å². The Kier molecular flexibility index (Phi) is 3.50. The summed E-state index contributed by atoms with van der Waals surface area (Å²) in [6.07, 6.45) is 6.44. The van der Waals surface area contributed by atoms with Gasteiger partial charge in [0.25, 0.3) is 0 Å². The van der Waals surface area contributed by atoms with E-state index in [-0.39, 0.29) is 0 Å². The van der Waals surface area contributed by atoms with E-state index in [0.717, 1.165) is 6.54 Å². The van der Waals surface area contributed by atoms with Gasteiger partial charge in [0.15, 0.2) is 18.4 Å². The highest BCUT2D eigenvalue weighted by Gasteiger charge is 1.99. The minimum atomic E-state index is 0.918. The van der Waals surface area contributed by atoms with E-state index in [1.54, 1.807) is 0 Å². The smallest absolute Gasteiger partial charge is 0.178 e.